The number of imidazole rings is 1. The predicted molar refractivity (Wildman–Crippen MR) is 135 cm³/mol. The topological polar surface area (TPSA) is 113 Å². The van der Waals surface area contributed by atoms with E-state index in [4.69, 9.17) is 11.6 Å². The van der Waals surface area contributed by atoms with Crippen LogP contribution < -0.4 is 16.0 Å². The van der Waals surface area contributed by atoms with Crippen molar-refractivity contribution in [3.8, 4) is 0 Å². The summed E-state index contributed by atoms with van der Waals surface area (Å²) in [6, 6.07) is 11.1. The molecule has 36 heavy (non-hydrogen) atoms. The number of hydrogen-bond acceptors (Lipinski definition) is 6. The van der Waals surface area contributed by atoms with Gasteiger partial charge in [0, 0.05) is 29.2 Å². The standard InChI is InChI=1S/C26H22ClN7O2/c27-16-4-5-20-18(7-16)26(25(36)32-20)9-19(26)24(35)33-22-8-21(29-13-30-22)28-10-17-12-34-11-15(14-1-2-14)3-6-23(34)31-17/h3-8,11-14,19H,1-2,9-10H2,(H,32,36)(H2,28,29,30,33,35)/t19-,26+/m1/s1. The molecule has 3 N–H and O–H groups in total. The number of aromatic nitrogens is 4. The Morgan fingerprint density at radius 1 is 1.14 bits per heavy atom. The van der Waals surface area contributed by atoms with Crippen LogP contribution in [0.4, 0.5) is 17.3 Å². The molecule has 7 rings (SSSR count). The Morgan fingerprint density at radius 2 is 2.00 bits per heavy atom. The molecule has 0 saturated heterocycles. The third-order valence-corrected chi connectivity index (χ3v) is 7.57. The van der Waals surface area contributed by atoms with Gasteiger partial charge >= 0.3 is 0 Å². The molecule has 4 heterocycles. The van der Waals surface area contributed by atoms with Gasteiger partial charge in [-0.25, -0.2) is 15.0 Å². The second-order valence-electron chi connectivity index (χ2n) is 9.74. The Balaban J connectivity index is 1.03. The zero-order valence-electron chi connectivity index (χ0n) is 19.2. The Hall–Kier alpha value is -3.98. The van der Waals surface area contributed by atoms with Gasteiger partial charge in [-0.05, 0) is 60.6 Å². The number of carbonyl (C=O) groups excluding carboxylic acids is 2. The van der Waals surface area contributed by atoms with E-state index in [-0.39, 0.29) is 11.8 Å². The Morgan fingerprint density at radius 3 is 2.86 bits per heavy atom. The zero-order chi connectivity index (χ0) is 24.4. The van der Waals surface area contributed by atoms with Crippen molar-refractivity contribution in [1.82, 2.24) is 19.4 Å². The van der Waals surface area contributed by atoms with Crippen LogP contribution in [0.1, 0.15) is 42.0 Å². The molecular formula is C26H22ClN7O2. The van der Waals surface area contributed by atoms with Crippen molar-refractivity contribution in [2.45, 2.75) is 37.1 Å². The predicted octanol–water partition coefficient (Wildman–Crippen LogP) is 4.12. The number of nitrogens with zero attached hydrogens (tertiary/aromatic N) is 4. The average Bonchev–Trinajstić information content (AvgIpc) is 3.78. The van der Waals surface area contributed by atoms with Gasteiger partial charge in [-0.2, -0.15) is 0 Å². The summed E-state index contributed by atoms with van der Waals surface area (Å²) in [6.07, 6.45) is 8.52. The highest BCUT2D eigenvalue weighted by molar-refractivity contribution is 6.31. The maximum Gasteiger partial charge on any atom is 0.235 e. The molecule has 1 aromatic carbocycles. The van der Waals surface area contributed by atoms with Crippen LogP contribution in [0.3, 0.4) is 0 Å². The SMILES string of the molecule is O=C(Nc1cc(NCc2cn3cc(C4CC4)ccc3n2)ncn1)[C@H]1C[C@@]12C(=O)Nc1ccc(Cl)cc12. The van der Waals surface area contributed by atoms with Gasteiger partial charge in [0.1, 0.15) is 23.6 Å². The molecule has 0 radical (unpaired) electrons. The minimum absolute atomic E-state index is 0.165. The van der Waals surface area contributed by atoms with Crippen LogP contribution in [0.25, 0.3) is 5.65 Å². The van der Waals surface area contributed by atoms with E-state index in [1.807, 2.05) is 6.20 Å². The molecule has 1 spiro atoms. The minimum Gasteiger partial charge on any atom is -0.364 e. The van der Waals surface area contributed by atoms with Gasteiger partial charge in [0.05, 0.1) is 23.6 Å². The monoisotopic (exact) mass is 499 g/mol. The van der Waals surface area contributed by atoms with E-state index >= 15 is 0 Å². The molecule has 2 amide bonds. The molecule has 10 heteroatoms. The van der Waals surface area contributed by atoms with Crippen molar-refractivity contribution in [2.24, 2.45) is 5.92 Å². The van der Waals surface area contributed by atoms with E-state index < -0.39 is 11.3 Å². The molecule has 2 saturated carbocycles. The van der Waals surface area contributed by atoms with E-state index in [0.29, 0.717) is 41.2 Å². The summed E-state index contributed by atoms with van der Waals surface area (Å²) in [5, 5.41) is 9.49. The Bertz CT molecular complexity index is 1560. The normalized spacial score (nSPS) is 21.9. The van der Waals surface area contributed by atoms with Gasteiger partial charge < -0.3 is 20.4 Å². The minimum atomic E-state index is -0.860. The molecule has 3 aliphatic rings. The van der Waals surface area contributed by atoms with Crippen molar-refractivity contribution in [3.05, 3.63) is 77.0 Å². The van der Waals surface area contributed by atoms with Crippen LogP contribution in [0, 0.1) is 5.92 Å². The van der Waals surface area contributed by atoms with Crippen molar-refractivity contribution in [3.63, 3.8) is 0 Å². The number of rotatable bonds is 6. The van der Waals surface area contributed by atoms with E-state index in [2.05, 4.69) is 53.6 Å². The van der Waals surface area contributed by atoms with Crippen LogP contribution in [0.15, 0.2) is 55.1 Å². The molecule has 2 fully saturated rings. The third kappa shape index (κ3) is 3.50. The zero-order valence-corrected chi connectivity index (χ0v) is 19.9. The molecule has 0 unspecified atom stereocenters. The van der Waals surface area contributed by atoms with Gasteiger partial charge in [0.25, 0.3) is 0 Å². The van der Waals surface area contributed by atoms with Crippen LogP contribution in [-0.2, 0) is 21.5 Å². The maximum absolute atomic E-state index is 13.0. The van der Waals surface area contributed by atoms with Crippen LogP contribution in [0.2, 0.25) is 5.02 Å². The highest BCUT2D eigenvalue weighted by Gasteiger charge is 2.67. The first kappa shape index (κ1) is 21.3. The third-order valence-electron chi connectivity index (χ3n) is 7.33. The first-order valence-corrected chi connectivity index (χ1v) is 12.3. The molecule has 1 aliphatic heterocycles. The van der Waals surface area contributed by atoms with E-state index in [9.17, 15) is 9.59 Å². The first-order valence-electron chi connectivity index (χ1n) is 12.0. The van der Waals surface area contributed by atoms with Crippen LogP contribution >= 0.6 is 11.6 Å². The van der Waals surface area contributed by atoms with E-state index in [1.54, 1.807) is 24.3 Å². The van der Waals surface area contributed by atoms with Crippen LogP contribution in [0.5, 0.6) is 0 Å². The van der Waals surface area contributed by atoms with Gasteiger partial charge in [-0.3, -0.25) is 9.59 Å². The largest absolute Gasteiger partial charge is 0.364 e. The number of fused-ring (bicyclic) bond motifs is 3. The molecule has 2 aliphatic carbocycles. The summed E-state index contributed by atoms with van der Waals surface area (Å²) in [6.45, 7) is 0.480. The molecular weight excluding hydrogens is 478 g/mol. The fraction of sp³-hybridized carbons (Fsp3) is 0.269. The molecule has 9 nitrogen and oxygen atoms in total. The molecule has 3 aromatic heterocycles. The number of carbonyl (C=O) groups is 2. The lowest BCUT2D eigenvalue weighted by Crippen LogP contribution is -2.27. The summed E-state index contributed by atoms with van der Waals surface area (Å²) in [5.74, 6) is 0.720. The van der Waals surface area contributed by atoms with Gasteiger partial charge in [0.15, 0.2) is 0 Å². The second-order valence-corrected chi connectivity index (χ2v) is 10.2. The number of hydrogen-bond donors (Lipinski definition) is 3. The molecule has 4 aromatic rings. The number of benzene rings is 1. The first-order chi connectivity index (χ1) is 17.5. The van der Waals surface area contributed by atoms with E-state index in [1.165, 1.54) is 24.7 Å². The molecule has 0 bridgehead atoms. The maximum atomic E-state index is 13.0. The summed E-state index contributed by atoms with van der Waals surface area (Å²) >= 11 is 6.15. The summed E-state index contributed by atoms with van der Waals surface area (Å²) in [7, 11) is 0. The number of halogens is 1. The highest BCUT2D eigenvalue weighted by Crippen LogP contribution is 2.60. The smallest absolute Gasteiger partial charge is 0.235 e. The summed E-state index contributed by atoms with van der Waals surface area (Å²) in [4.78, 5) is 38.8. The average molecular weight is 500 g/mol. The Labute approximate surface area is 211 Å². The van der Waals surface area contributed by atoms with Crippen molar-refractivity contribution >= 4 is 46.4 Å². The molecule has 2 atom stereocenters. The number of amides is 2. The van der Waals surface area contributed by atoms with Crippen LogP contribution in [-0.4, -0.2) is 31.2 Å². The lowest BCUT2D eigenvalue weighted by Gasteiger charge is -2.10. The fourth-order valence-corrected chi connectivity index (χ4v) is 5.37. The molecule has 180 valence electrons. The van der Waals surface area contributed by atoms with Gasteiger partial charge in [-0.15, -0.1) is 0 Å². The second kappa shape index (κ2) is 7.76. The lowest BCUT2D eigenvalue weighted by atomic mass is 9.94. The van der Waals surface area contributed by atoms with E-state index in [0.717, 1.165) is 16.9 Å². The highest BCUT2D eigenvalue weighted by atomic mass is 35.5. The van der Waals surface area contributed by atoms with Gasteiger partial charge in [0.2, 0.25) is 11.8 Å². The summed E-state index contributed by atoms with van der Waals surface area (Å²) < 4.78 is 2.06. The fourth-order valence-electron chi connectivity index (χ4n) is 5.20. The number of pyridine rings is 1. The Kier molecular flexibility index (Phi) is 4.59. The quantitative estimate of drug-likeness (QED) is 0.368. The van der Waals surface area contributed by atoms with Crippen molar-refractivity contribution < 1.29 is 9.59 Å². The van der Waals surface area contributed by atoms with Gasteiger partial charge in [-0.1, -0.05) is 17.7 Å². The number of anilines is 3. The number of nitrogens with one attached hydrogen (secondary N) is 3. The lowest BCUT2D eigenvalue weighted by molar-refractivity contribution is -0.122. The van der Waals surface area contributed by atoms with Crippen molar-refractivity contribution in [2.75, 3.05) is 16.0 Å². The summed E-state index contributed by atoms with van der Waals surface area (Å²) in [5.41, 5.74) is 3.78. The van der Waals surface area contributed by atoms with Crippen molar-refractivity contribution in [1.29, 1.82) is 0 Å².